The van der Waals surface area contributed by atoms with E-state index in [9.17, 15) is 9.18 Å². The van der Waals surface area contributed by atoms with Crippen LogP contribution in [0, 0.1) is 0 Å². The Morgan fingerprint density at radius 3 is 2.60 bits per heavy atom. The summed E-state index contributed by atoms with van der Waals surface area (Å²) in [6.07, 6.45) is -0.873. The number of likely N-dealkylation sites (tertiary alicyclic amines) is 1. The molecule has 0 aliphatic carbocycles. The molecule has 0 radical (unpaired) electrons. The second kappa shape index (κ2) is 2.56. The zero-order chi connectivity index (χ0) is 7.72. The van der Waals surface area contributed by atoms with E-state index in [-0.39, 0.29) is 11.9 Å². The third-order valence-corrected chi connectivity index (χ3v) is 1.97. The molecular formula is C7H12FNO. The van der Waals surface area contributed by atoms with Gasteiger partial charge in [-0.2, -0.15) is 0 Å². The third kappa shape index (κ3) is 1.00. The molecule has 0 spiro atoms. The molecule has 0 aromatic carbocycles. The molecule has 1 aliphatic heterocycles. The summed E-state index contributed by atoms with van der Waals surface area (Å²) in [5.74, 6) is -0.338. The molecular weight excluding hydrogens is 133 g/mol. The number of carbonyl (C=O) groups excluding carboxylic acids is 1. The molecule has 1 rings (SSSR count). The summed E-state index contributed by atoms with van der Waals surface area (Å²) in [5.41, 5.74) is 0. The summed E-state index contributed by atoms with van der Waals surface area (Å²) >= 11 is 0. The second-order valence-electron chi connectivity index (χ2n) is 2.68. The van der Waals surface area contributed by atoms with Crippen LogP contribution in [0.3, 0.4) is 0 Å². The number of rotatable bonds is 1. The van der Waals surface area contributed by atoms with Crippen LogP contribution < -0.4 is 0 Å². The Morgan fingerprint density at radius 2 is 2.40 bits per heavy atom. The van der Waals surface area contributed by atoms with Crippen LogP contribution in [-0.4, -0.2) is 29.6 Å². The Kier molecular flexibility index (Phi) is 1.92. The van der Waals surface area contributed by atoms with Gasteiger partial charge in [0.2, 0.25) is 0 Å². The van der Waals surface area contributed by atoms with Gasteiger partial charge in [0.25, 0.3) is 5.91 Å². The minimum absolute atomic E-state index is 0.0903. The largest absolute Gasteiger partial charge is 0.338 e. The van der Waals surface area contributed by atoms with Gasteiger partial charge in [0.15, 0.2) is 6.17 Å². The summed E-state index contributed by atoms with van der Waals surface area (Å²) in [6, 6.07) is 0.0903. The van der Waals surface area contributed by atoms with E-state index in [1.165, 1.54) is 0 Å². The normalized spacial score (nSPS) is 33.5. The van der Waals surface area contributed by atoms with Crippen molar-refractivity contribution in [2.75, 3.05) is 6.54 Å². The van der Waals surface area contributed by atoms with Crippen molar-refractivity contribution in [2.45, 2.75) is 32.5 Å². The fraction of sp³-hybridized carbons (Fsp3) is 0.857. The van der Waals surface area contributed by atoms with Crippen LogP contribution in [-0.2, 0) is 4.79 Å². The second-order valence-corrected chi connectivity index (χ2v) is 2.68. The van der Waals surface area contributed by atoms with E-state index >= 15 is 0 Å². The van der Waals surface area contributed by atoms with Gasteiger partial charge in [-0.05, 0) is 13.8 Å². The highest BCUT2D eigenvalue weighted by atomic mass is 19.1. The molecule has 1 amide bonds. The van der Waals surface area contributed by atoms with Gasteiger partial charge >= 0.3 is 0 Å². The van der Waals surface area contributed by atoms with Crippen LogP contribution in [0.5, 0.6) is 0 Å². The van der Waals surface area contributed by atoms with Crippen molar-refractivity contribution in [3.63, 3.8) is 0 Å². The molecule has 2 unspecified atom stereocenters. The first-order valence-corrected chi connectivity index (χ1v) is 3.61. The Morgan fingerprint density at radius 1 is 1.80 bits per heavy atom. The van der Waals surface area contributed by atoms with Crippen molar-refractivity contribution in [1.82, 2.24) is 4.90 Å². The molecule has 0 aromatic rings. The zero-order valence-corrected chi connectivity index (χ0v) is 6.30. The van der Waals surface area contributed by atoms with Gasteiger partial charge in [0.1, 0.15) is 0 Å². The predicted octanol–water partition coefficient (Wildman–Crippen LogP) is 0.965. The van der Waals surface area contributed by atoms with Gasteiger partial charge in [-0.1, -0.05) is 0 Å². The zero-order valence-electron chi connectivity index (χ0n) is 6.30. The van der Waals surface area contributed by atoms with Crippen molar-refractivity contribution in [1.29, 1.82) is 0 Å². The lowest BCUT2D eigenvalue weighted by atomic mass is 10.2. The van der Waals surface area contributed by atoms with E-state index in [0.29, 0.717) is 13.0 Å². The highest BCUT2D eigenvalue weighted by Crippen LogP contribution is 2.20. The smallest absolute Gasteiger partial charge is 0.257 e. The average Bonchev–Trinajstić information content (AvgIpc) is 2.09. The van der Waals surface area contributed by atoms with Crippen molar-refractivity contribution in [2.24, 2.45) is 0 Å². The van der Waals surface area contributed by atoms with Crippen LogP contribution in [0.1, 0.15) is 20.3 Å². The first-order chi connectivity index (χ1) is 4.66. The monoisotopic (exact) mass is 145 g/mol. The van der Waals surface area contributed by atoms with E-state index in [1.807, 2.05) is 13.8 Å². The molecule has 0 saturated carbocycles. The average molecular weight is 145 g/mol. The Labute approximate surface area is 60.0 Å². The Balaban J connectivity index is 2.64. The number of carbonyl (C=O) groups is 1. The van der Waals surface area contributed by atoms with Gasteiger partial charge in [0.05, 0.1) is 0 Å². The fourth-order valence-corrected chi connectivity index (χ4v) is 1.39. The molecule has 10 heavy (non-hydrogen) atoms. The summed E-state index contributed by atoms with van der Waals surface area (Å²) in [4.78, 5) is 12.5. The molecule has 2 nitrogen and oxygen atoms in total. The molecule has 58 valence electrons. The molecule has 1 heterocycles. The van der Waals surface area contributed by atoms with E-state index < -0.39 is 6.17 Å². The minimum atomic E-state index is -1.24. The number of halogens is 1. The number of hydrogen-bond donors (Lipinski definition) is 0. The lowest BCUT2D eigenvalue weighted by Crippen LogP contribution is -2.32. The lowest BCUT2D eigenvalue weighted by molar-refractivity contribution is -0.132. The first-order valence-electron chi connectivity index (χ1n) is 3.61. The predicted molar refractivity (Wildman–Crippen MR) is 36.4 cm³/mol. The quantitative estimate of drug-likeness (QED) is 0.538. The number of hydrogen-bond acceptors (Lipinski definition) is 1. The summed E-state index contributed by atoms with van der Waals surface area (Å²) in [5, 5.41) is 0. The number of alkyl halides is 1. The third-order valence-electron chi connectivity index (χ3n) is 1.97. The first kappa shape index (κ1) is 7.51. The standard InChI is InChI=1S/C7H12FNO/c1-3-9-5(2)4-6(8)7(9)10/h5-6H,3-4H2,1-2H3. The highest BCUT2D eigenvalue weighted by Gasteiger charge is 2.35. The molecule has 1 aliphatic rings. The van der Waals surface area contributed by atoms with Crippen LogP contribution in [0.15, 0.2) is 0 Å². The SMILES string of the molecule is CCN1C(=O)C(F)CC1C. The molecule has 0 bridgehead atoms. The van der Waals surface area contributed by atoms with Gasteiger partial charge in [-0.25, -0.2) is 4.39 Å². The van der Waals surface area contributed by atoms with E-state index in [1.54, 1.807) is 4.90 Å². The Hall–Kier alpha value is -0.600. The molecule has 0 N–H and O–H groups in total. The maximum absolute atomic E-state index is 12.6. The van der Waals surface area contributed by atoms with Crippen LogP contribution in [0.25, 0.3) is 0 Å². The van der Waals surface area contributed by atoms with Gasteiger partial charge in [-0.15, -0.1) is 0 Å². The molecule has 2 atom stereocenters. The Bertz CT molecular complexity index is 149. The van der Waals surface area contributed by atoms with Crippen molar-refractivity contribution in [3.8, 4) is 0 Å². The van der Waals surface area contributed by atoms with Gasteiger partial charge in [-0.3, -0.25) is 4.79 Å². The van der Waals surface area contributed by atoms with Crippen molar-refractivity contribution >= 4 is 5.91 Å². The topological polar surface area (TPSA) is 20.3 Å². The van der Waals surface area contributed by atoms with E-state index in [4.69, 9.17) is 0 Å². The van der Waals surface area contributed by atoms with Crippen LogP contribution in [0.4, 0.5) is 4.39 Å². The lowest BCUT2D eigenvalue weighted by Gasteiger charge is -2.17. The summed E-state index contributed by atoms with van der Waals surface area (Å²) in [6.45, 7) is 4.37. The van der Waals surface area contributed by atoms with Crippen LogP contribution >= 0.6 is 0 Å². The minimum Gasteiger partial charge on any atom is -0.338 e. The molecule has 1 fully saturated rings. The van der Waals surface area contributed by atoms with Gasteiger partial charge < -0.3 is 4.90 Å². The fourth-order valence-electron chi connectivity index (χ4n) is 1.39. The molecule has 1 saturated heterocycles. The number of amides is 1. The number of nitrogens with zero attached hydrogens (tertiary/aromatic N) is 1. The molecule has 0 aromatic heterocycles. The van der Waals surface area contributed by atoms with E-state index in [2.05, 4.69) is 0 Å². The van der Waals surface area contributed by atoms with Crippen molar-refractivity contribution < 1.29 is 9.18 Å². The summed E-state index contributed by atoms with van der Waals surface area (Å²) < 4.78 is 12.6. The van der Waals surface area contributed by atoms with Gasteiger partial charge in [0, 0.05) is 19.0 Å². The van der Waals surface area contributed by atoms with Crippen molar-refractivity contribution in [3.05, 3.63) is 0 Å². The van der Waals surface area contributed by atoms with E-state index in [0.717, 1.165) is 0 Å². The maximum Gasteiger partial charge on any atom is 0.257 e. The highest BCUT2D eigenvalue weighted by molar-refractivity contribution is 5.83. The maximum atomic E-state index is 12.6. The van der Waals surface area contributed by atoms with Crippen LogP contribution in [0.2, 0.25) is 0 Å². The summed E-state index contributed by atoms with van der Waals surface area (Å²) in [7, 11) is 0. The molecule has 3 heteroatoms.